The molecule has 1 N–H and O–H groups in total. The molecule has 1 aromatic heterocycles. The summed E-state index contributed by atoms with van der Waals surface area (Å²) in [5, 5.41) is 3.23. The van der Waals surface area contributed by atoms with E-state index < -0.39 is 0 Å². The molecule has 3 nitrogen and oxygen atoms in total. The van der Waals surface area contributed by atoms with Crippen molar-refractivity contribution in [2.75, 3.05) is 12.4 Å². The number of hydrogen-bond donors (Lipinski definition) is 1. The van der Waals surface area contributed by atoms with Gasteiger partial charge in [0.25, 0.3) is 0 Å². The van der Waals surface area contributed by atoms with Gasteiger partial charge in [0.15, 0.2) is 0 Å². The highest BCUT2D eigenvalue weighted by Gasteiger charge is 1.96. The van der Waals surface area contributed by atoms with Gasteiger partial charge in [-0.1, -0.05) is 0 Å². The molecule has 0 aliphatic heterocycles. The molecule has 0 bridgehead atoms. The lowest BCUT2D eigenvalue weighted by atomic mass is 10.2. The van der Waals surface area contributed by atoms with Gasteiger partial charge in [0.1, 0.15) is 11.6 Å². The van der Waals surface area contributed by atoms with E-state index in [0.29, 0.717) is 0 Å². The lowest BCUT2D eigenvalue weighted by Crippen LogP contribution is -1.93. The van der Waals surface area contributed by atoms with Crippen LogP contribution in [-0.4, -0.2) is 12.1 Å². The molecule has 0 fully saturated rings. The van der Waals surface area contributed by atoms with Gasteiger partial charge in [0.2, 0.25) is 0 Å². The standard InChI is InChI=1S/C13H14N2O/c1-10-7-8-14-13(9-10)15-11-3-5-12(16-2)6-4-11/h3-9H,1-2H3,(H,14,15). The van der Waals surface area contributed by atoms with Crippen LogP contribution < -0.4 is 10.1 Å². The molecule has 2 aromatic rings. The number of rotatable bonds is 3. The van der Waals surface area contributed by atoms with Crippen molar-refractivity contribution in [3.63, 3.8) is 0 Å². The molecule has 0 atom stereocenters. The van der Waals surface area contributed by atoms with Crippen LogP contribution in [0.15, 0.2) is 42.6 Å². The molecule has 16 heavy (non-hydrogen) atoms. The second-order valence-electron chi connectivity index (χ2n) is 3.57. The van der Waals surface area contributed by atoms with E-state index in [-0.39, 0.29) is 0 Å². The van der Waals surface area contributed by atoms with Crippen LogP contribution in [0.2, 0.25) is 0 Å². The molecular weight excluding hydrogens is 200 g/mol. The Labute approximate surface area is 95.1 Å². The fourth-order valence-electron chi connectivity index (χ4n) is 1.43. The second-order valence-corrected chi connectivity index (χ2v) is 3.57. The Balaban J connectivity index is 2.14. The van der Waals surface area contributed by atoms with Crippen molar-refractivity contribution in [3.8, 4) is 5.75 Å². The Hall–Kier alpha value is -2.03. The summed E-state index contributed by atoms with van der Waals surface area (Å²) in [7, 11) is 1.66. The van der Waals surface area contributed by atoms with Crippen molar-refractivity contribution in [2.45, 2.75) is 6.92 Å². The van der Waals surface area contributed by atoms with Gasteiger partial charge in [0, 0.05) is 11.9 Å². The van der Waals surface area contributed by atoms with E-state index in [2.05, 4.69) is 10.3 Å². The third-order valence-corrected chi connectivity index (χ3v) is 2.28. The maximum atomic E-state index is 5.10. The summed E-state index contributed by atoms with van der Waals surface area (Å²) in [4.78, 5) is 4.24. The number of aryl methyl sites for hydroxylation is 1. The number of methoxy groups -OCH3 is 1. The SMILES string of the molecule is COc1ccc(Nc2cc(C)ccn2)cc1. The Kier molecular flexibility index (Phi) is 3.05. The van der Waals surface area contributed by atoms with Crippen molar-refractivity contribution in [1.82, 2.24) is 4.98 Å². The molecule has 0 unspecified atom stereocenters. The topological polar surface area (TPSA) is 34.1 Å². The molecule has 0 aliphatic carbocycles. The van der Waals surface area contributed by atoms with E-state index in [1.165, 1.54) is 5.56 Å². The molecule has 0 amide bonds. The lowest BCUT2D eigenvalue weighted by molar-refractivity contribution is 0.415. The first-order valence-corrected chi connectivity index (χ1v) is 5.11. The Morgan fingerprint density at radius 2 is 1.88 bits per heavy atom. The van der Waals surface area contributed by atoms with Crippen LogP contribution in [0.25, 0.3) is 0 Å². The number of ether oxygens (including phenoxy) is 1. The number of nitrogens with one attached hydrogen (secondary N) is 1. The largest absolute Gasteiger partial charge is 0.497 e. The zero-order valence-corrected chi connectivity index (χ0v) is 9.40. The van der Waals surface area contributed by atoms with Gasteiger partial charge in [-0.25, -0.2) is 4.98 Å². The molecule has 0 radical (unpaired) electrons. The van der Waals surface area contributed by atoms with Gasteiger partial charge in [-0.3, -0.25) is 0 Å². The van der Waals surface area contributed by atoms with Crippen LogP contribution in [0.3, 0.4) is 0 Å². The Bertz CT molecular complexity index is 466. The number of benzene rings is 1. The molecular formula is C13H14N2O. The fourth-order valence-corrected chi connectivity index (χ4v) is 1.43. The average molecular weight is 214 g/mol. The predicted molar refractivity (Wildman–Crippen MR) is 65.3 cm³/mol. The first-order valence-electron chi connectivity index (χ1n) is 5.11. The van der Waals surface area contributed by atoms with Crippen LogP contribution in [0.4, 0.5) is 11.5 Å². The van der Waals surface area contributed by atoms with Crippen LogP contribution >= 0.6 is 0 Å². The third kappa shape index (κ3) is 2.51. The summed E-state index contributed by atoms with van der Waals surface area (Å²) in [6.45, 7) is 2.04. The van der Waals surface area contributed by atoms with Crippen molar-refractivity contribution in [1.29, 1.82) is 0 Å². The summed E-state index contributed by atoms with van der Waals surface area (Å²) in [5.41, 5.74) is 2.19. The smallest absolute Gasteiger partial charge is 0.130 e. The normalized spacial score (nSPS) is 9.88. The number of aromatic nitrogens is 1. The van der Waals surface area contributed by atoms with Crippen molar-refractivity contribution < 1.29 is 4.74 Å². The van der Waals surface area contributed by atoms with Crippen LogP contribution in [0.1, 0.15) is 5.56 Å². The van der Waals surface area contributed by atoms with Gasteiger partial charge in [0.05, 0.1) is 7.11 Å². The summed E-state index contributed by atoms with van der Waals surface area (Å²) < 4.78 is 5.10. The molecule has 0 spiro atoms. The first-order chi connectivity index (χ1) is 7.78. The van der Waals surface area contributed by atoms with Crippen molar-refractivity contribution in [2.24, 2.45) is 0 Å². The van der Waals surface area contributed by atoms with Crippen LogP contribution in [-0.2, 0) is 0 Å². The van der Waals surface area contributed by atoms with Gasteiger partial charge in [-0.05, 0) is 48.9 Å². The number of nitrogens with zero attached hydrogens (tertiary/aromatic N) is 1. The van der Waals surface area contributed by atoms with E-state index in [0.717, 1.165) is 17.3 Å². The van der Waals surface area contributed by atoms with Gasteiger partial charge < -0.3 is 10.1 Å². The summed E-state index contributed by atoms with van der Waals surface area (Å²) in [5.74, 6) is 1.70. The predicted octanol–water partition coefficient (Wildman–Crippen LogP) is 3.14. The molecule has 1 heterocycles. The average Bonchev–Trinajstić information content (AvgIpc) is 2.30. The van der Waals surface area contributed by atoms with Gasteiger partial charge in [-0.15, -0.1) is 0 Å². The van der Waals surface area contributed by atoms with Crippen molar-refractivity contribution in [3.05, 3.63) is 48.2 Å². The third-order valence-electron chi connectivity index (χ3n) is 2.28. The van der Waals surface area contributed by atoms with Crippen molar-refractivity contribution >= 4 is 11.5 Å². The quantitative estimate of drug-likeness (QED) is 0.852. The molecule has 3 heteroatoms. The fraction of sp³-hybridized carbons (Fsp3) is 0.154. The number of anilines is 2. The Morgan fingerprint density at radius 3 is 2.50 bits per heavy atom. The van der Waals surface area contributed by atoms with E-state index in [4.69, 9.17) is 4.74 Å². The summed E-state index contributed by atoms with van der Waals surface area (Å²) in [6, 6.07) is 11.7. The first kappa shape index (κ1) is 10.5. The van der Waals surface area contributed by atoms with Gasteiger partial charge >= 0.3 is 0 Å². The summed E-state index contributed by atoms with van der Waals surface area (Å²) >= 11 is 0. The minimum absolute atomic E-state index is 0.850. The number of hydrogen-bond acceptors (Lipinski definition) is 3. The second kappa shape index (κ2) is 4.66. The summed E-state index contributed by atoms with van der Waals surface area (Å²) in [6.07, 6.45) is 1.79. The van der Waals surface area contributed by atoms with Crippen LogP contribution in [0, 0.1) is 6.92 Å². The Morgan fingerprint density at radius 1 is 1.12 bits per heavy atom. The molecule has 0 aliphatic rings. The lowest BCUT2D eigenvalue weighted by Gasteiger charge is -2.06. The minimum atomic E-state index is 0.850. The van der Waals surface area contributed by atoms with E-state index in [1.54, 1.807) is 13.3 Å². The zero-order chi connectivity index (χ0) is 11.4. The zero-order valence-electron chi connectivity index (χ0n) is 9.40. The molecule has 0 saturated carbocycles. The molecule has 2 rings (SSSR count). The molecule has 0 saturated heterocycles. The highest BCUT2D eigenvalue weighted by molar-refractivity contribution is 5.57. The highest BCUT2D eigenvalue weighted by atomic mass is 16.5. The number of pyridine rings is 1. The molecule has 1 aromatic carbocycles. The highest BCUT2D eigenvalue weighted by Crippen LogP contribution is 2.18. The maximum Gasteiger partial charge on any atom is 0.130 e. The monoisotopic (exact) mass is 214 g/mol. The van der Waals surface area contributed by atoms with E-state index >= 15 is 0 Å². The van der Waals surface area contributed by atoms with E-state index in [1.807, 2.05) is 43.3 Å². The van der Waals surface area contributed by atoms with Gasteiger partial charge in [-0.2, -0.15) is 0 Å². The van der Waals surface area contributed by atoms with E-state index in [9.17, 15) is 0 Å². The molecule has 82 valence electrons. The van der Waals surface area contributed by atoms with Crippen LogP contribution in [0.5, 0.6) is 5.75 Å². The maximum absolute atomic E-state index is 5.10. The minimum Gasteiger partial charge on any atom is -0.497 e.